The van der Waals surface area contributed by atoms with Crippen molar-refractivity contribution in [3.8, 4) is 11.5 Å². The van der Waals surface area contributed by atoms with Gasteiger partial charge in [-0.2, -0.15) is 0 Å². The Morgan fingerprint density at radius 3 is 2.94 bits per heavy atom. The maximum Gasteiger partial charge on any atom is 0.175 e. The van der Waals surface area contributed by atoms with E-state index in [0.29, 0.717) is 19.1 Å². The third-order valence-electron chi connectivity index (χ3n) is 3.56. The van der Waals surface area contributed by atoms with Gasteiger partial charge in [0.25, 0.3) is 0 Å². The van der Waals surface area contributed by atoms with Gasteiger partial charge >= 0.3 is 0 Å². The highest BCUT2D eigenvalue weighted by molar-refractivity contribution is 9.10. The van der Waals surface area contributed by atoms with Crippen molar-refractivity contribution >= 4 is 15.9 Å². The predicted octanol–water partition coefficient (Wildman–Crippen LogP) is 2.61. The van der Waals surface area contributed by atoms with Crippen molar-refractivity contribution < 1.29 is 9.47 Å². The van der Waals surface area contributed by atoms with Crippen LogP contribution in [0.15, 0.2) is 10.5 Å². The van der Waals surface area contributed by atoms with Crippen LogP contribution in [0.3, 0.4) is 0 Å². The van der Waals surface area contributed by atoms with E-state index in [1.807, 2.05) is 0 Å². The molecule has 1 N–H and O–H groups in total. The summed E-state index contributed by atoms with van der Waals surface area (Å²) in [5.41, 5.74) is 2.66. The lowest BCUT2D eigenvalue weighted by Crippen LogP contribution is -2.17. The lowest BCUT2D eigenvalue weighted by molar-refractivity contribution is 0.170. The zero-order valence-corrected chi connectivity index (χ0v) is 11.5. The van der Waals surface area contributed by atoms with Crippen LogP contribution in [0.1, 0.15) is 23.5 Å². The van der Waals surface area contributed by atoms with Crippen molar-refractivity contribution in [2.24, 2.45) is 0 Å². The number of ether oxygens (including phenoxy) is 2. The molecular weight excluding hydrogens is 282 g/mol. The van der Waals surface area contributed by atoms with Crippen molar-refractivity contribution in [3.05, 3.63) is 21.7 Å². The smallest absolute Gasteiger partial charge is 0.175 e. The Hall–Kier alpha value is -0.740. The van der Waals surface area contributed by atoms with E-state index in [4.69, 9.17) is 9.47 Å². The summed E-state index contributed by atoms with van der Waals surface area (Å²) < 4.78 is 12.4. The molecule has 2 heterocycles. The van der Waals surface area contributed by atoms with E-state index >= 15 is 0 Å². The molecule has 0 radical (unpaired) electrons. The van der Waals surface area contributed by atoms with Crippen LogP contribution in [0.25, 0.3) is 0 Å². The van der Waals surface area contributed by atoms with E-state index < -0.39 is 0 Å². The van der Waals surface area contributed by atoms with Gasteiger partial charge in [0.05, 0.1) is 4.47 Å². The fourth-order valence-corrected chi connectivity index (χ4v) is 3.14. The third kappa shape index (κ3) is 1.93. The Balaban J connectivity index is 2.06. The molecule has 0 amide bonds. The number of rotatable bonds is 1. The molecule has 0 aliphatic carbocycles. The number of hydrogen-bond donors (Lipinski definition) is 1. The third-order valence-corrected chi connectivity index (χ3v) is 4.51. The number of halogens is 1. The monoisotopic (exact) mass is 297 g/mol. The van der Waals surface area contributed by atoms with E-state index in [1.165, 1.54) is 17.5 Å². The van der Waals surface area contributed by atoms with E-state index in [-0.39, 0.29) is 0 Å². The highest BCUT2D eigenvalue weighted by atomic mass is 79.9. The largest absolute Gasteiger partial charge is 0.486 e. The first-order chi connectivity index (χ1) is 8.27. The van der Waals surface area contributed by atoms with Gasteiger partial charge in [-0.15, -0.1) is 0 Å². The maximum atomic E-state index is 5.68. The molecule has 3 rings (SSSR count). The van der Waals surface area contributed by atoms with Crippen LogP contribution in [0.2, 0.25) is 0 Å². The number of fused-ring (bicyclic) bond motifs is 1. The maximum absolute atomic E-state index is 5.68. The highest BCUT2D eigenvalue weighted by Gasteiger charge is 2.25. The molecule has 1 saturated heterocycles. The Labute approximate surface area is 110 Å². The molecule has 1 atom stereocenters. The first-order valence-electron chi connectivity index (χ1n) is 6.06. The first kappa shape index (κ1) is 11.4. The van der Waals surface area contributed by atoms with Crippen molar-refractivity contribution in [3.63, 3.8) is 0 Å². The van der Waals surface area contributed by atoms with Crippen LogP contribution in [-0.4, -0.2) is 26.3 Å². The van der Waals surface area contributed by atoms with Gasteiger partial charge in [0.15, 0.2) is 11.5 Å². The van der Waals surface area contributed by atoms with Crippen LogP contribution in [0, 0.1) is 6.92 Å². The van der Waals surface area contributed by atoms with Gasteiger partial charge in [-0.05, 0) is 58.9 Å². The quantitative estimate of drug-likeness (QED) is 0.864. The van der Waals surface area contributed by atoms with Crippen molar-refractivity contribution in [2.45, 2.75) is 19.3 Å². The second kappa shape index (κ2) is 4.50. The van der Waals surface area contributed by atoms with Gasteiger partial charge in [-0.1, -0.05) is 0 Å². The fraction of sp³-hybridized carbons (Fsp3) is 0.538. The van der Waals surface area contributed by atoms with Gasteiger partial charge < -0.3 is 14.8 Å². The normalized spacial score (nSPS) is 22.8. The summed E-state index contributed by atoms with van der Waals surface area (Å²) in [6, 6.07) is 2.16. The highest BCUT2D eigenvalue weighted by Crippen LogP contribution is 2.43. The average molecular weight is 298 g/mol. The zero-order chi connectivity index (χ0) is 11.8. The Kier molecular flexibility index (Phi) is 3.01. The van der Waals surface area contributed by atoms with Crippen molar-refractivity contribution in [2.75, 3.05) is 26.3 Å². The van der Waals surface area contributed by atoms with Gasteiger partial charge in [-0.3, -0.25) is 0 Å². The minimum absolute atomic E-state index is 0.599. The summed E-state index contributed by atoms with van der Waals surface area (Å²) in [6.45, 7) is 5.60. The van der Waals surface area contributed by atoms with Crippen molar-refractivity contribution in [1.82, 2.24) is 5.32 Å². The number of benzene rings is 1. The SMILES string of the molecule is Cc1c(C2CCNC2)cc2c(c1Br)OCCO2. The molecule has 92 valence electrons. The van der Waals surface area contributed by atoms with Crippen LogP contribution >= 0.6 is 15.9 Å². The average Bonchev–Trinajstić information content (AvgIpc) is 2.87. The molecule has 4 heteroatoms. The summed E-state index contributed by atoms with van der Waals surface area (Å²) in [5, 5.41) is 3.41. The van der Waals surface area contributed by atoms with Gasteiger partial charge in [0.2, 0.25) is 0 Å². The second-order valence-electron chi connectivity index (χ2n) is 4.62. The molecule has 1 unspecified atom stereocenters. The van der Waals surface area contributed by atoms with Crippen molar-refractivity contribution in [1.29, 1.82) is 0 Å². The molecule has 0 aromatic heterocycles. The molecule has 2 aliphatic rings. The summed E-state index contributed by atoms with van der Waals surface area (Å²) in [4.78, 5) is 0. The molecule has 0 saturated carbocycles. The Morgan fingerprint density at radius 1 is 1.35 bits per heavy atom. The van der Waals surface area contributed by atoms with Gasteiger partial charge in [-0.25, -0.2) is 0 Å². The van der Waals surface area contributed by atoms with Gasteiger partial charge in [0, 0.05) is 6.54 Å². The van der Waals surface area contributed by atoms with Gasteiger partial charge in [0.1, 0.15) is 13.2 Å². The predicted molar refractivity (Wildman–Crippen MR) is 70.1 cm³/mol. The van der Waals surface area contributed by atoms with E-state index in [2.05, 4.69) is 34.2 Å². The molecule has 3 nitrogen and oxygen atoms in total. The van der Waals surface area contributed by atoms with Crippen LogP contribution < -0.4 is 14.8 Å². The molecule has 17 heavy (non-hydrogen) atoms. The fourth-order valence-electron chi connectivity index (χ4n) is 2.60. The molecule has 1 fully saturated rings. The summed E-state index contributed by atoms with van der Waals surface area (Å²) in [7, 11) is 0. The Morgan fingerprint density at radius 2 is 2.18 bits per heavy atom. The van der Waals surface area contributed by atoms with E-state index in [9.17, 15) is 0 Å². The van der Waals surface area contributed by atoms with Crippen LogP contribution in [-0.2, 0) is 0 Å². The van der Waals surface area contributed by atoms with E-state index in [1.54, 1.807) is 0 Å². The standard InChI is InChI=1S/C13H16BrNO2/c1-8-10(9-2-3-15-7-9)6-11-13(12(8)14)17-5-4-16-11/h6,9,15H,2-5,7H2,1H3. The van der Waals surface area contributed by atoms with Crippen LogP contribution in [0.5, 0.6) is 11.5 Å². The summed E-state index contributed by atoms with van der Waals surface area (Å²) in [5.74, 6) is 2.35. The molecular formula is C13H16BrNO2. The van der Waals surface area contributed by atoms with E-state index in [0.717, 1.165) is 29.1 Å². The summed E-state index contributed by atoms with van der Waals surface area (Å²) >= 11 is 3.64. The van der Waals surface area contributed by atoms with Crippen LogP contribution in [0.4, 0.5) is 0 Å². The zero-order valence-electron chi connectivity index (χ0n) is 9.88. The lowest BCUT2D eigenvalue weighted by Gasteiger charge is -2.24. The first-order valence-corrected chi connectivity index (χ1v) is 6.86. The molecule has 0 bridgehead atoms. The minimum atomic E-state index is 0.599. The molecule has 0 spiro atoms. The summed E-state index contributed by atoms with van der Waals surface area (Å²) in [6.07, 6.45) is 1.20. The molecule has 1 aromatic rings. The number of hydrogen-bond acceptors (Lipinski definition) is 3. The topological polar surface area (TPSA) is 30.5 Å². The Bertz CT molecular complexity index is 442. The second-order valence-corrected chi connectivity index (χ2v) is 5.41. The molecule has 1 aromatic carbocycles. The molecule has 2 aliphatic heterocycles. The lowest BCUT2D eigenvalue weighted by atomic mass is 9.93. The minimum Gasteiger partial charge on any atom is -0.486 e. The number of nitrogens with one attached hydrogen (secondary N) is 1.